The fraction of sp³-hybridized carbons (Fsp3) is 0.375. The Balaban J connectivity index is 1.34. The van der Waals surface area contributed by atoms with E-state index in [1.807, 2.05) is 35.2 Å². The van der Waals surface area contributed by atoms with Crippen LogP contribution in [0.3, 0.4) is 0 Å². The maximum absolute atomic E-state index is 14.0. The van der Waals surface area contributed by atoms with Crippen LogP contribution in [0.25, 0.3) is 0 Å². The van der Waals surface area contributed by atoms with Gasteiger partial charge in [-0.1, -0.05) is 17.4 Å². The molecule has 2 heterocycles. The van der Waals surface area contributed by atoms with Crippen molar-refractivity contribution in [2.24, 2.45) is 10.3 Å². The van der Waals surface area contributed by atoms with Gasteiger partial charge in [0, 0.05) is 37.4 Å². The smallest absolute Gasteiger partial charge is 0.227 e. The summed E-state index contributed by atoms with van der Waals surface area (Å²) in [6, 6.07) is 12.3. The van der Waals surface area contributed by atoms with Crippen LogP contribution in [0.2, 0.25) is 0 Å². The number of carbonyl (C=O) groups excluding carboxylic acids is 1. The van der Waals surface area contributed by atoms with Crippen molar-refractivity contribution in [3.8, 4) is 11.8 Å². The van der Waals surface area contributed by atoms with E-state index in [9.17, 15) is 14.4 Å². The number of fused-ring (bicyclic) bond motifs is 1. The largest absolute Gasteiger partial charge is 0.495 e. The monoisotopic (exact) mass is 479 g/mol. The molecule has 11 heteroatoms. The number of nitrogens with one attached hydrogen (secondary N) is 2. The van der Waals surface area contributed by atoms with Crippen molar-refractivity contribution in [2.75, 3.05) is 45.2 Å². The fourth-order valence-electron chi connectivity index (χ4n) is 4.49. The van der Waals surface area contributed by atoms with E-state index >= 15 is 0 Å². The first kappa shape index (κ1) is 24.3. The van der Waals surface area contributed by atoms with E-state index in [1.54, 1.807) is 6.07 Å². The second-order valence-corrected chi connectivity index (χ2v) is 8.33. The average molecular weight is 480 g/mol. The predicted molar refractivity (Wildman–Crippen MR) is 126 cm³/mol. The van der Waals surface area contributed by atoms with Gasteiger partial charge in [0.25, 0.3) is 0 Å². The van der Waals surface area contributed by atoms with Gasteiger partial charge in [-0.3, -0.25) is 9.69 Å². The number of nitrogens with zero attached hydrogens (tertiary/aromatic N) is 5. The second-order valence-electron chi connectivity index (χ2n) is 8.33. The van der Waals surface area contributed by atoms with Gasteiger partial charge in [-0.15, -0.1) is 5.10 Å². The third-order valence-electron chi connectivity index (χ3n) is 6.30. The number of benzene rings is 2. The van der Waals surface area contributed by atoms with E-state index in [0.717, 1.165) is 11.3 Å². The molecule has 2 aromatic rings. The van der Waals surface area contributed by atoms with Gasteiger partial charge < -0.3 is 19.7 Å². The summed E-state index contributed by atoms with van der Waals surface area (Å²) in [5, 5.41) is 18.5. The Kier molecular flexibility index (Phi) is 7.64. The molecule has 0 bridgehead atoms. The third-order valence-corrected chi connectivity index (χ3v) is 6.30. The lowest BCUT2D eigenvalue weighted by Crippen LogP contribution is -2.59. The fourth-order valence-corrected chi connectivity index (χ4v) is 4.49. The SMILES string of the molecule is COc1c(C2CN3CCN(C(=O)Cc4ccc(N/C=N\N=N)cc4)CC3CO2)ccc(F)c1C#N. The summed E-state index contributed by atoms with van der Waals surface area (Å²) in [5.41, 5.74) is 8.85. The van der Waals surface area contributed by atoms with Gasteiger partial charge in [-0.05, 0) is 29.8 Å². The Labute approximate surface area is 202 Å². The molecule has 0 saturated carbocycles. The molecule has 2 unspecified atom stereocenters. The molecule has 2 N–H and O–H groups in total. The van der Waals surface area contributed by atoms with E-state index in [4.69, 9.17) is 15.0 Å². The Bertz CT molecular complexity index is 1150. The number of morpholine rings is 1. The van der Waals surface area contributed by atoms with Crippen LogP contribution in [0.15, 0.2) is 46.7 Å². The molecule has 0 aromatic heterocycles. The molecule has 10 nitrogen and oxygen atoms in total. The first-order chi connectivity index (χ1) is 17.0. The van der Waals surface area contributed by atoms with Gasteiger partial charge in [0.15, 0.2) is 0 Å². The van der Waals surface area contributed by atoms with Crippen molar-refractivity contribution >= 4 is 17.9 Å². The highest BCUT2D eigenvalue weighted by Gasteiger charge is 2.36. The number of carbonyl (C=O) groups is 1. The molecular formula is C24H26FN7O3. The van der Waals surface area contributed by atoms with Crippen LogP contribution in [-0.2, 0) is 16.0 Å². The van der Waals surface area contributed by atoms with Gasteiger partial charge >= 0.3 is 0 Å². The minimum Gasteiger partial charge on any atom is -0.495 e. The first-order valence-electron chi connectivity index (χ1n) is 11.2. The average Bonchev–Trinajstić information content (AvgIpc) is 2.89. The van der Waals surface area contributed by atoms with Gasteiger partial charge in [0.2, 0.25) is 5.91 Å². The first-order valence-corrected chi connectivity index (χ1v) is 11.2. The molecule has 182 valence electrons. The standard InChI is InChI=1S/C24H26FN7O3/c1-34-24-19(6-7-21(25)20(24)11-26)22-13-31-8-9-32(12-18(31)14-35-22)23(33)10-16-2-4-17(5-3-16)28-15-29-30-27/h2-7,15,18,22H,8-10,12-14H2,1H3,(H2,27,28,29). The molecule has 2 aliphatic heterocycles. The van der Waals surface area contributed by atoms with Crippen LogP contribution in [0.1, 0.15) is 22.8 Å². The number of piperazine rings is 1. The highest BCUT2D eigenvalue weighted by atomic mass is 19.1. The topological polar surface area (TPSA) is 126 Å². The summed E-state index contributed by atoms with van der Waals surface area (Å²) in [5.74, 6) is -0.348. The summed E-state index contributed by atoms with van der Waals surface area (Å²) < 4.78 is 25.4. The summed E-state index contributed by atoms with van der Waals surface area (Å²) in [4.78, 5) is 17.1. The molecule has 35 heavy (non-hydrogen) atoms. The quantitative estimate of drug-likeness (QED) is 0.272. The number of nitriles is 1. The second kappa shape index (κ2) is 11.0. The van der Waals surface area contributed by atoms with Crippen LogP contribution in [0.4, 0.5) is 10.1 Å². The molecule has 2 fully saturated rings. The highest BCUT2D eigenvalue weighted by Crippen LogP contribution is 2.35. The Morgan fingerprint density at radius 1 is 1.31 bits per heavy atom. The Morgan fingerprint density at radius 3 is 2.83 bits per heavy atom. The van der Waals surface area contributed by atoms with Crippen molar-refractivity contribution < 1.29 is 18.7 Å². The van der Waals surface area contributed by atoms with E-state index in [0.29, 0.717) is 44.8 Å². The van der Waals surface area contributed by atoms with Crippen LogP contribution in [0.5, 0.6) is 5.75 Å². The molecule has 4 rings (SSSR count). The number of amides is 1. The molecule has 2 aliphatic rings. The number of hydrogen-bond acceptors (Lipinski definition) is 7. The highest BCUT2D eigenvalue weighted by molar-refractivity contribution is 5.80. The number of methoxy groups -OCH3 is 1. The lowest BCUT2D eigenvalue weighted by Gasteiger charge is -2.46. The molecule has 1 amide bonds. The minimum atomic E-state index is -0.617. The normalized spacial score (nSPS) is 20.2. The number of anilines is 1. The molecule has 2 saturated heterocycles. The van der Waals surface area contributed by atoms with Crippen LogP contribution >= 0.6 is 0 Å². The van der Waals surface area contributed by atoms with Crippen LogP contribution < -0.4 is 10.1 Å². The van der Waals surface area contributed by atoms with Crippen molar-refractivity contribution in [1.29, 1.82) is 10.8 Å². The summed E-state index contributed by atoms with van der Waals surface area (Å²) in [6.07, 6.45) is 1.28. The molecule has 0 aliphatic carbocycles. The van der Waals surface area contributed by atoms with Gasteiger partial charge in [-0.2, -0.15) is 10.8 Å². The third kappa shape index (κ3) is 5.45. The van der Waals surface area contributed by atoms with E-state index in [-0.39, 0.29) is 29.4 Å². The van der Waals surface area contributed by atoms with Gasteiger partial charge in [0.1, 0.15) is 29.5 Å². The van der Waals surface area contributed by atoms with Crippen molar-refractivity contribution in [3.05, 3.63) is 58.9 Å². The zero-order valence-corrected chi connectivity index (χ0v) is 19.3. The summed E-state index contributed by atoms with van der Waals surface area (Å²) in [7, 11) is 1.42. The molecule has 0 radical (unpaired) electrons. The maximum atomic E-state index is 14.0. The maximum Gasteiger partial charge on any atom is 0.227 e. The molecule has 0 spiro atoms. The van der Waals surface area contributed by atoms with Crippen molar-refractivity contribution in [2.45, 2.75) is 18.6 Å². The van der Waals surface area contributed by atoms with Gasteiger partial charge in [-0.25, -0.2) is 4.39 Å². The van der Waals surface area contributed by atoms with Crippen molar-refractivity contribution in [1.82, 2.24) is 9.80 Å². The van der Waals surface area contributed by atoms with Crippen molar-refractivity contribution in [3.63, 3.8) is 0 Å². The summed E-state index contributed by atoms with van der Waals surface area (Å²) >= 11 is 0. The molecule has 2 atom stereocenters. The zero-order valence-electron chi connectivity index (χ0n) is 19.3. The number of hydrogen-bond donors (Lipinski definition) is 2. The van der Waals surface area contributed by atoms with Crippen LogP contribution in [-0.4, -0.2) is 68.0 Å². The lowest BCUT2D eigenvalue weighted by molar-refractivity contribution is -0.139. The van der Waals surface area contributed by atoms with E-state index in [1.165, 1.54) is 19.5 Å². The number of rotatable bonds is 7. The Hall–Kier alpha value is -3.88. The molecule has 2 aromatic carbocycles. The van der Waals surface area contributed by atoms with E-state index in [2.05, 4.69) is 20.5 Å². The number of ether oxygens (including phenoxy) is 2. The minimum absolute atomic E-state index is 0.0564. The number of halogens is 1. The zero-order chi connectivity index (χ0) is 24.8. The molecular weight excluding hydrogens is 453 g/mol. The lowest BCUT2D eigenvalue weighted by atomic mass is 10.00. The summed E-state index contributed by atoms with van der Waals surface area (Å²) in [6.45, 7) is 2.88. The van der Waals surface area contributed by atoms with E-state index < -0.39 is 5.82 Å². The van der Waals surface area contributed by atoms with Gasteiger partial charge in [0.05, 0.1) is 32.3 Å². The van der Waals surface area contributed by atoms with Crippen LogP contribution in [0, 0.1) is 22.7 Å². The Morgan fingerprint density at radius 2 is 2.11 bits per heavy atom. The predicted octanol–water partition coefficient (Wildman–Crippen LogP) is 2.92.